The predicted molar refractivity (Wildman–Crippen MR) is 147 cm³/mol. The standard InChI is InChI=1S/C28H35NO4S.CH2O2/c1-4-6-7-10-18-33-26-12-9-8-11-25(26)28(31,32)29(21(3)5-2)27(30)23-15-13-22(14-16-23)24-17-19-34-20-24;2-1-3/h8-9,11-17,19-21,31-32H,4-7,10,18H2,1-3H3;1H,(H,2,3). The van der Waals surface area contributed by atoms with Crippen LogP contribution in [0.15, 0.2) is 65.4 Å². The summed E-state index contributed by atoms with van der Waals surface area (Å²) in [6.07, 6.45) is 4.77. The highest BCUT2D eigenvalue weighted by Gasteiger charge is 2.42. The summed E-state index contributed by atoms with van der Waals surface area (Å²) in [4.78, 5) is 23.1. The Morgan fingerprint density at radius 1 is 1.03 bits per heavy atom. The van der Waals surface area contributed by atoms with Gasteiger partial charge in [0.25, 0.3) is 18.3 Å². The Bertz CT molecular complexity index is 1080. The Hall–Kier alpha value is -3.20. The molecule has 8 heteroatoms. The molecule has 0 saturated carbocycles. The molecule has 1 aromatic heterocycles. The quantitative estimate of drug-likeness (QED) is 0.149. The van der Waals surface area contributed by atoms with Gasteiger partial charge in [0.05, 0.1) is 12.2 Å². The number of carboxylic acid groups (broad SMARTS) is 1. The van der Waals surface area contributed by atoms with E-state index in [2.05, 4.69) is 6.92 Å². The van der Waals surface area contributed by atoms with Crippen molar-refractivity contribution in [2.75, 3.05) is 6.61 Å². The summed E-state index contributed by atoms with van der Waals surface area (Å²) in [6.45, 7) is 6.11. The maximum atomic E-state index is 13.6. The summed E-state index contributed by atoms with van der Waals surface area (Å²) >= 11 is 1.62. The number of para-hydroxylation sites is 1. The molecule has 0 saturated heterocycles. The van der Waals surface area contributed by atoms with E-state index in [1.807, 2.05) is 42.8 Å². The van der Waals surface area contributed by atoms with Crippen molar-refractivity contribution in [1.82, 2.24) is 4.90 Å². The van der Waals surface area contributed by atoms with E-state index in [9.17, 15) is 15.0 Å². The van der Waals surface area contributed by atoms with Crippen LogP contribution in [0.25, 0.3) is 11.1 Å². The molecule has 3 N–H and O–H groups in total. The lowest BCUT2D eigenvalue weighted by Crippen LogP contribution is -2.53. The SMILES string of the molecule is CCCCCCOc1ccccc1C(O)(O)N(C(=O)c1ccc(-c2ccsc2)cc1)C(C)CC.O=CO. The minimum atomic E-state index is -2.53. The third-order valence-electron chi connectivity index (χ3n) is 6.08. The second kappa shape index (κ2) is 15.1. The van der Waals surface area contributed by atoms with Gasteiger partial charge in [-0.2, -0.15) is 11.3 Å². The van der Waals surface area contributed by atoms with Gasteiger partial charge < -0.3 is 20.1 Å². The summed E-state index contributed by atoms with van der Waals surface area (Å²) in [6, 6.07) is 15.7. The average molecular weight is 528 g/mol. The van der Waals surface area contributed by atoms with Gasteiger partial charge in [0.1, 0.15) is 5.75 Å². The molecule has 0 radical (unpaired) electrons. The minimum Gasteiger partial charge on any atom is -0.493 e. The molecule has 7 nitrogen and oxygen atoms in total. The van der Waals surface area contributed by atoms with Gasteiger partial charge in [0, 0.05) is 11.6 Å². The zero-order valence-electron chi connectivity index (χ0n) is 21.7. The van der Waals surface area contributed by atoms with Gasteiger partial charge in [0.15, 0.2) is 0 Å². The zero-order chi connectivity index (χ0) is 27.3. The highest BCUT2D eigenvalue weighted by Crippen LogP contribution is 2.34. The molecular formula is C29H37NO6S. The van der Waals surface area contributed by atoms with E-state index in [0.717, 1.165) is 41.7 Å². The van der Waals surface area contributed by atoms with Crippen molar-refractivity contribution in [3.05, 3.63) is 76.5 Å². The lowest BCUT2D eigenvalue weighted by molar-refractivity contribution is -0.266. The zero-order valence-corrected chi connectivity index (χ0v) is 22.5. The van der Waals surface area contributed by atoms with Crippen LogP contribution in [0.2, 0.25) is 0 Å². The third-order valence-corrected chi connectivity index (χ3v) is 6.76. The first-order valence-electron chi connectivity index (χ1n) is 12.5. The van der Waals surface area contributed by atoms with Crippen LogP contribution < -0.4 is 4.74 Å². The van der Waals surface area contributed by atoms with Gasteiger partial charge in [-0.25, -0.2) is 0 Å². The Morgan fingerprint density at radius 2 is 1.70 bits per heavy atom. The monoisotopic (exact) mass is 527 g/mol. The van der Waals surface area contributed by atoms with Gasteiger partial charge in [-0.15, -0.1) is 0 Å². The van der Waals surface area contributed by atoms with E-state index in [-0.39, 0.29) is 12.0 Å². The normalized spacial score (nSPS) is 11.7. The average Bonchev–Trinajstić information content (AvgIpc) is 3.44. The van der Waals surface area contributed by atoms with Crippen LogP contribution in [0.4, 0.5) is 0 Å². The molecule has 1 heterocycles. The molecule has 0 fully saturated rings. The Kier molecular flexibility index (Phi) is 12.3. The van der Waals surface area contributed by atoms with Gasteiger partial charge in [-0.1, -0.05) is 57.4 Å². The van der Waals surface area contributed by atoms with Crippen molar-refractivity contribution in [2.24, 2.45) is 0 Å². The lowest BCUT2D eigenvalue weighted by atomic mass is 10.0. The van der Waals surface area contributed by atoms with Crippen LogP contribution >= 0.6 is 11.3 Å². The summed E-state index contributed by atoms with van der Waals surface area (Å²) in [5, 5.41) is 33.7. The van der Waals surface area contributed by atoms with E-state index >= 15 is 0 Å². The van der Waals surface area contributed by atoms with Gasteiger partial charge in [0.2, 0.25) is 0 Å². The number of nitrogens with zero attached hydrogens (tertiary/aromatic N) is 1. The van der Waals surface area contributed by atoms with Crippen molar-refractivity contribution in [3.63, 3.8) is 0 Å². The summed E-state index contributed by atoms with van der Waals surface area (Å²) in [5.41, 5.74) is 2.65. The highest BCUT2D eigenvalue weighted by molar-refractivity contribution is 7.08. The van der Waals surface area contributed by atoms with Crippen molar-refractivity contribution < 1.29 is 29.6 Å². The van der Waals surface area contributed by atoms with Gasteiger partial charge in [-0.05, 0) is 72.0 Å². The fourth-order valence-corrected chi connectivity index (χ4v) is 4.58. The molecule has 3 aromatic rings. The molecule has 200 valence electrons. The number of thiophene rings is 1. The van der Waals surface area contributed by atoms with Crippen molar-refractivity contribution in [1.29, 1.82) is 0 Å². The number of unbranched alkanes of at least 4 members (excludes halogenated alkanes) is 3. The van der Waals surface area contributed by atoms with E-state index in [0.29, 0.717) is 24.3 Å². The number of benzene rings is 2. The van der Waals surface area contributed by atoms with E-state index in [4.69, 9.17) is 14.6 Å². The number of carbonyl (C=O) groups excluding carboxylic acids is 1. The molecule has 0 bridgehead atoms. The van der Waals surface area contributed by atoms with Crippen LogP contribution in [0.5, 0.6) is 5.75 Å². The molecule has 0 aliphatic carbocycles. The van der Waals surface area contributed by atoms with Crippen LogP contribution in [0, 0.1) is 0 Å². The highest BCUT2D eigenvalue weighted by atomic mass is 32.1. The summed E-state index contributed by atoms with van der Waals surface area (Å²) in [7, 11) is 0. The van der Waals surface area contributed by atoms with E-state index < -0.39 is 17.9 Å². The molecule has 1 amide bonds. The topological polar surface area (TPSA) is 107 Å². The van der Waals surface area contributed by atoms with Crippen LogP contribution in [0.1, 0.15) is 68.8 Å². The molecule has 1 atom stereocenters. The molecule has 2 aromatic carbocycles. The Labute approximate surface area is 223 Å². The minimum absolute atomic E-state index is 0.161. The molecule has 37 heavy (non-hydrogen) atoms. The fourth-order valence-electron chi connectivity index (χ4n) is 3.92. The molecule has 0 aliphatic heterocycles. The van der Waals surface area contributed by atoms with E-state index in [1.54, 1.807) is 47.7 Å². The second-order valence-corrected chi connectivity index (χ2v) is 9.45. The van der Waals surface area contributed by atoms with Crippen LogP contribution in [-0.4, -0.2) is 45.2 Å². The first kappa shape index (κ1) is 30.0. The first-order valence-corrected chi connectivity index (χ1v) is 13.5. The molecule has 0 aliphatic rings. The van der Waals surface area contributed by atoms with Crippen molar-refractivity contribution in [2.45, 2.75) is 64.8 Å². The van der Waals surface area contributed by atoms with Gasteiger partial charge >= 0.3 is 0 Å². The maximum absolute atomic E-state index is 13.6. The van der Waals surface area contributed by atoms with Crippen LogP contribution in [-0.2, 0) is 10.7 Å². The molecular weight excluding hydrogens is 490 g/mol. The first-order chi connectivity index (χ1) is 17.8. The molecule has 1 unspecified atom stereocenters. The number of carbonyl (C=O) groups is 2. The number of rotatable bonds is 12. The van der Waals surface area contributed by atoms with Crippen molar-refractivity contribution >= 4 is 23.7 Å². The molecule has 3 rings (SSSR count). The number of hydrogen-bond acceptors (Lipinski definition) is 6. The predicted octanol–water partition coefficient (Wildman–Crippen LogP) is 6.11. The fraction of sp³-hybridized carbons (Fsp3) is 0.379. The van der Waals surface area contributed by atoms with Crippen molar-refractivity contribution in [3.8, 4) is 16.9 Å². The third kappa shape index (κ3) is 8.15. The maximum Gasteiger partial charge on any atom is 0.290 e. The number of ether oxygens (including phenoxy) is 1. The largest absolute Gasteiger partial charge is 0.493 e. The Morgan fingerprint density at radius 3 is 2.30 bits per heavy atom. The van der Waals surface area contributed by atoms with Crippen LogP contribution in [0.3, 0.4) is 0 Å². The second-order valence-electron chi connectivity index (χ2n) is 8.67. The molecule has 0 spiro atoms. The number of aliphatic hydroxyl groups is 2. The summed E-state index contributed by atoms with van der Waals surface area (Å²) in [5.74, 6) is -2.61. The number of amides is 1. The Balaban J connectivity index is 0.00000153. The number of hydrogen-bond donors (Lipinski definition) is 3. The van der Waals surface area contributed by atoms with Gasteiger partial charge in [-0.3, -0.25) is 14.5 Å². The smallest absolute Gasteiger partial charge is 0.290 e. The van der Waals surface area contributed by atoms with E-state index in [1.165, 1.54) is 0 Å². The lowest BCUT2D eigenvalue weighted by Gasteiger charge is -2.40. The summed E-state index contributed by atoms with van der Waals surface area (Å²) < 4.78 is 5.92.